The zero-order valence-electron chi connectivity index (χ0n) is 21.1. The fourth-order valence-corrected chi connectivity index (χ4v) is 4.15. The number of aromatic nitrogens is 1. The van der Waals surface area contributed by atoms with Crippen molar-refractivity contribution >= 4 is 28.6 Å². The van der Waals surface area contributed by atoms with E-state index in [1.54, 1.807) is 12.1 Å². The molecule has 38 heavy (non-hydrogen) atoms. The van der Waals surface area contributed by atoms with Gasteiger partial charge in [0.05, 0.1) is 30.1 Å². The molecule has 1 aromatic heterocycles. The Morgan fingerprint density at radius 1 is 0.842 bits per heavy atom. The van der Waals surface area contributed by atoms with Gasteiger partial charge in [-0.3, -0.25) is 4.98 Å². The Morgan fingerprint density at radius 3 is 2.32 bits per heavy atom. The molecule has 1 heterocycles. The second-order valence-electron chi connectivity index (χ2n) is 8.87. The minimum atomic E-state index is -0.353. The van der Waals surface area contributed by atoms with E-state index in [1.165, 1.54) is 12.7 Å². The molecule has 0 bridgehead atoms. The van der Waals surface area contributed by atoms with Gasteiger partial charge in [-0.25, -0.2) is 4.79 Å². The maximum Gasteiger partial charge on any atom is 0.337 e. The molecular formula is C33H28N2O3. The Labute approximate surface area is 222 Å². The topological polar surface area (TPSA) is 60.5 Å². The quantitative estimate of drug-likeness (QED) is 0.216. The summed E-state index contributed by atoms with van der Waals surface area (Å²) >= 11 is 0. The highest BCUT2D eigenvalue weighted by molar-refractivity contribution is 5.89. The molecule has 0 fully saturated rings. The molecule has 0 aliphatic carbocycles. The number of methoxy groups -OCH3 is 1. The molecule has 0 saturated heterocycles. The van der Waals surface area contributed by atoms with Crippen LogP contribution in [0.4, 0.5) is 5.69 Å². The summed E-state index contributed by atoms with van der Waals surface area (Å²) in [7, 11) is 1.38. The van der Waals surface area contributed by atoms with Crippen molar-refractivity contribution in [2.75, 3.05) is 25.6 Å². The van der Waals surface area contributed by atoms with Gasteiger partial charge < -0.3 is 14.8 Å². The minimum Gasteiger partial charge on any atom is -0.489 e. The van der Waals surface area contributed by atoms with E-state index in [0.717, 1.165) is 39.0 Å². The van der Waals surface area contributed by atoms with Gasteiger partial charge in [-0.05, 0) is 58.7 Å². The average molecular weight is 501 g/mol. The third-order valence-corrected chi connectivity index (χ3v) is 6.20. The number of carbonyl (C=O) groups is 1. The van der Waals surface area contributed by atoms with Gasteiger partial charge in [0.2, 0.25) is 0 Å². The number of hydrogen-bond donors (Lipinski definition) is 1. The number of nitrogens with one attached hydrogen (secondary N) is 1. The van der Waals surface area contributed by atoms with E-state index in [9.17, 15) is 4.79 Å². The number of pyridine rings is 1. The average Bonchev–Trinajstić information content (AvgIpc) is 2.99. The van der Waals surface area contributed by atoms with Crippen molar-refractivity contribution in [1.82, 2.24) is 4.98 Å². The lowest BCUT2D eigenvalue weighted by atomic mass is 10.1. The first-order valence-corrected chi connectivity index (χ1v) is 12.4. The van der Waals surface area contributed by atoms with Crippen LogP contribution in [0, 0.1) is 0 Å². The maximum atomic E-state index is 11.8. The predicted octanol–water partition coefficient (Wildman–Crippen LogP) is 7.26. The Bertz CT molecular complexity index is 1540. The highest BCUT2D eigenvalue weighted by atomic mass is 16.5. The second kappa shape index (κ2) is 11.9. The van der Waals surface area contributed by atoms with Gasteiger partial charge in [0.25, 0.3) is 0 Å². The van der Waals surface area contributed by atoms with E-state index in [0.29, 0.717) is 18.7 Å². The molecule has 1 N–H and O–H groups in total. The molecular weight excluding hydrogens is 472 g/mol. The highest BCUT2D eigenvalue weighted by Gasteiger charge is 2.07. The molecule has 0 atom stereocenters. The summed E-state index contributed by atoms with van der Waals surface area (Å²) in [4.78, 5) is 16.3. The van der Waals surface area contributed by atoms with E-state index in [2.05, 4.69) is 52.8 Å². The number of para-hydroxylation sites is 1. The number of benzene rings is 4. The predicted molar refractivity (Wildman–Crippen MR) is 153 cm³/mol. The second-order valence-corrected chi connectivity index (χ2v) is 8.87. The first-order valence-electron chi connectivity index (χ1n) is 12.4. The van der Waals surface area contributed by atoms with Crippen molar-refractivity contribution in [1.29, 1.82) is 0 Å². The molecule has 5 rings (SSSR count). The van der Waals surface area contributed by atoms with Crippen LogP contribution < -0.4 is 10.1 Å². The lowest BCUT2D eigenvalue weighted by Gasteiger charge is -2.13. The van der Waals surface area contributed by atoms with Crippen LogP contribution in [0.25, 0.3) is 28.1 Å². The van der Waals surface area contributed by atoms with Gasteiger partial charge in [0.1, 0.15) is 12.4 Å². The van der Waals surface area contributed by atoms with Gasteiger partial charge in [0.15, 0.2) is 0 Å². The summed E-state index contributed by atoms with van der Waals surface area (Å²) < 4.78 is 11.0. The fourth-order valence-electron chi connectivity index (χ4n) is 4.15. The summed E-state index contributed by atoms with van der Waals surface area (Å²) in [6.07, 6.45) is 3.91. The van der Waals surface area contributed by atoms with Crippen LogP contribution in [-0.4, -0.2) is 31.2 Å². The minimum absolute atomic E-state index is 0.353. The number of hydrogen-bond acceptors (Lipinski definition) is 5. The van der Waals surface area contributed by atoms with Crippen LogP contribution in [0.2, 0.25) is 0 Å². The summed E-state index contributed by atoms with van der Waals surface area (Å²) in [6.45, 7) is 0.971. The van der Waals surface area contributed by atoms with Crippen molar-refractivity contribution in [2.45, 2.75) is 0 Å². The Morgan fingerprint density at radius 2 is 1.55 bits per heavy atom. The van der Waals surface area contributed by atoms with Crippen molar-refractivity contribution in [3.63, 3.8) is 0 Å². The highest BCUT2D eigenvalue weighted by Crippen LogP contribution is 2.23. The molecule has 0 spiro atoms. The van der Waals surface area contributed by atoms with Crippen molar-refractivity contribution < 1.29 is 14.3 Å². The lowest BCUT2D eigenvalue weighted by molar-refractivity contribution is 0.0600. The summed E-state index contributed by atoms with van der Waals surface area (Å²) in [5.41, 5.74) is 6.73. The monoisotopic (exact) mass is 500 g/mol. The molecule has 4 aromatic carbocycles. The molecule has 0 radical (unpaired) electrons. The zero-order chi connectivity index (χ0) is 26.2. The molecule has 0 aliphatic heterocycles. The number of esters is 1. The van der Waals surface area contributed by atoms with Gasteiger partial charge in [-0.2, -0.15) is 0 Å². The van der Waals surface area contributed by atoms with Crippen LogP contribution in [0.15, 0.2) is 121 Å². The zero-order valence-corrected chi connectivity index (χ0v) is 21.1. The van der Waals surface area contributed by atoms with Crippen LogP contribution in [0.1, 0.15) is 15.9 Å². The third-order valence-electron chi connectivity index (χ3n) is 6.20. The maximum absolute atomic E-state index is 11.8. The van der Waals surface area contributed by atoms with Crippen molar-refractivity contribution in [3.8, 4) is 16.9 Å². The molecule has 5 heteroatoms. The first-order chi connectivity index (χ1) is 18.7. The van der Waals surface area contributed by atoms with Gasteiger partial charge in [0, 0.05) is 11.9 Å². The smallest absolute Gasteiger partial charge is 0.337 e. The SMILES string of the molecule is COC(=O)c1ccc(C=C(CNc2cnc3ccccc3c2)COc2ccc(-c3ccccc3)cc2)cc1. The van der Waals surface area contributed by atoms with Gasteiger partial charge >= 0.3 is 5.97 Å². The van der Waals surface area contributed by atoms with Crippen molar-refractivity contribution in [2.24, 2.45) is 0 Å². The van der Waals surface area contributed by atoms with E-state index in [1.807, 2.05) is 66.9 Å². The van der Waals surface area contributed by atoms with Crippen molar-refractivity contribution in [3.05, 3.63) is 132 Å². The molecule has 0 unspecified atom stereocenters. The Kier molecular flexibility index (Phi) is 7.75. The van der Waals surface area contributed by atoms with E-state index < -0.39 is 0 Å². The first kappa shape index (κ1) is 24.8. The number of ether oxygens (including phenoxy) is 2. The lowest BCUT2D eigenvalue weighted by Crippen LogP contribution is -2.12. The number of nitrogens with zero attached hydrogens (tertiary/aromatic N) is 1. The molecule has 5 nitrogen and oxygen atoms in total. The van der Waals surface area contributed by atoms with E-state index in [4.69, 9.17) is 9.47 Å². The standard InChI is InChI=1S/C33H28N2O3/c1-37-33(36)28-13-11-24(12-14-28)19-25(21-34-30-20-29-9-5-6-10-32(29)35-22-30)23-38-31-17-15-27(16-18-31)26-7-3-2-4-8-26/h2-20,22,34H,21,23H2,1H3. The molecule has 188 valence electrons. The normalized spacial score (nSPS) is 11.2. The molecule has 0 saturated carbocycles. The number of carbonyl (C=O) groups excluding carboxylic acids is 1. The number of anilines is 1. The fraction of sp³-hybridized carbons (Fsp3) is 0.0909. The summed E-state index contributed by atoms with van der Waals surface area (Å²) in [5, 5.41) is 4.56. The van der Waals surface area contributed by atoms with Crippen LogP contribution in [0.5, 0.6) is 5.75 Å². The van der Waals surface area contributed by atoms with Gasteiger partial charge in [-0.1, -0.05) is 78.9 Å². The van der Waals surface area contributed by atoms with E-state index >= 15 is 0 Å². The summed E-state index contributed by atoms with van der Waals surface area (Å²) in [6, 6.07) is 35.9. The largest absolute Gasteiger partial charge is 0.489 e. The summed E-state index contributed by atoms with van der Waals surface area (Å²) in [5.74, 6) is 0.442. The van der Waals surface area contributed by atoms with Crippen LogP contribution in [-0.2, 0) is 4.74 Å². The Balaban J connectivity index is 1.32. The number of rotatable bonds is 9. The molecule has 5 aromatic rings. The Hall–Kier alpha value is -4.90. The van der Waals surface area contributed by atoms with Gasteiger partial charge in [-0.15, -0.1) is 0 Å². The number of fused-ring (bicyclic) bond motifs is 1. The van der Waals surface area contributed by atoms with Crippen LogP contribution >= 0.6 is 0 Å². The van der Waals surface area contributed by atoms with E-state index in [-0.39, 0.29) is 5.97 Å². The molecule has 0 aliphatic rings. The molecule has 0 amide bonds. The van der Waals surface area contributed by atoms with Crippen LogP contribution in [0.3, 0.4) is 0 Å². The third kappa shape index (κ3) is 6.26.